The summed E-state index contributed by atoms with van der Waals surface area (Å²) in [6.07, 6.45) is 2.93. The van der Waals surface area contributed by atoms with E-state index in [4.69, 9.17) is 0 Å². The fraction of sp³-hybridized carbons (Fsp3) is 0.429. The fourth-order valence-corrected chi connectivity index (χ4v) is 1.19. The van der Waals surface area contributed by atoms with Gasteiger partial charge < -0.3 is 5.11 Å². The average Bonchev–Trinajstić information content (AvgIpc) is 2.22. The molecule has 1 nitrogen and oxygen atoms in total. The van der Waals surface area contributed by atoms with Crippen LogP contribution in [-0.4, -0.2) is 5.11 Å². The molecular weight excluding hydrogens is 184 g/mol. The summed E-state index contributed by atoms with van der Waals surface area (Å²) in [5.41, 5.74) is 3.47. The van der Waals surface area contributed by atoms with E-state index in [2.05, 4.69) is 19.9 Å². The Morgan fingerprint density at radius 2 is 1.87 bits per heavy atom. The molecule has 0 aliphatic rings. The van der Waals surface area contributed by atoms with Gasteiger partial charge in [-0.15, -0.1) is 0 Å². The van der Waals surface area contributed by atoms with Crippen molar-refractivity contribution in [2.24, 2.45) is 0 Å². The molecule has 0 aliphatic heterocycles. The van der Waals surface area contributed by atoms with E-state index in [-0.39, 0.29) is 0 Å². The van der Waals surface area contributed by atoms with Crippen molar-refractivity contribution in [2.45, 2.75) is 41.0 Å². The van der Waals surface area contributed by atoms with Crippen molar-refractivity contribution in [1.29, 1.82) is 0 Å². The van der Waals surface area contributed by atoms with E-state index in [0.29, 0.717) is 5.75 Å². The van der Waals surface area contributed by atoms with Crippen LogP contribution in [0.3, 0.4) is 0 Å². The predicted octanol–water partition coefficient (Wildman–Crippen LogP) is 4.24. The zero-order valence-corrected chi connectivity index (χ0v) is 10.5. The van der Waals surface area contributed by atoms with Gasteiger partial charge in [0.05, 0.1) is 0 Å². The third-order valence-corrected chi connectivity index (χ3v) is 1.97. The molecule has 0 saturated carbocycles. The number of rotatable bonds is 2. The highest BCUT2D eigenvalue weighted by Gasteiger charge is 1.98. The Bertz CT molecular complexity index is 320. The van der Waals surface area contributed by atoms with Crippen LogP contribution in [0.15, 0.2) is 29.8 Å². The predicted molar refractivity (Wildman–Crippen MR) is 67.3 cm³/mol. The number of benzene rings is 1. The first kappa shape index (κ1) is 13.8. The fourth-order valence-electron chi connectivity index (χ4n) is 1.19. The van der Waals surface area contributed by atoms with Crippen molar-refractivity contribution in [3.05, 3.63) is 41.0 Å². The van der Waals surface area contributed by atoms with Gasteiger partial charge in [0.2, 0.25) is 0 Å². The second kappa shape index (κ2) is 7.10. The largest absolute Gasteiger partial charge is 0.508 e. The molecule has 1 aromatic rings. The number of hydrogen-bond donors (Lipinski definition) is 1. The minimum atomic E-state index is 0.392. The summed E-state index contributed by atoms with van der Waals surface area (Å²) in [6, 6.07) is 5.69. The second-order valence-corrected chi connectivity index (χ2v) is 3.62. The van der Waals surface area contributed by atoms with Gasteiger partial charge in [-0.25, -0.2) is 0 Å². The average molecular weight is 206 g/mol. The molecule has 84 valence electrons. The molecule has 0 radical (unpaired) electrons. The Hall–Kier alpha value is -1.24. The van der Waals surface area contributed by atoms with Crippen molar-refractivity contribution in [3.63, 3.8) is 0 Å². The van der Waals surface area contributed by atoms with Crippen LogP contribution in [0.1, 0.15) is 38.8 Å². The molecular formula is C14H22O. The van der Waals surface area contributed by atoms with Crippen LogP contribution < -0.4 is 0 Å². The van der Waals surface area contributed by atoms with Crippen molar-refractivity contribution in [3.8, 4) is 5.75 Å². The first-order chi connectivity index (χ1) is 7.09. The molecule has 0 heterocycles. The SMILES string of the molecule is CC.CC(C)=CCc1cc(C)ccc1O. The molecule has 1 N–H and O–H groups in total. The van der Waals surface area contributed by atoms with E-state index in [0.717, 1.165) is 12.0 Å². The van der Waals surface area contributed by atoms with Gasteiger partial charge in [-0.3, -0.25) is 0 Å². The number of aryl methyl sites for hydroxylation is 1. The van der Waals surface area contributed by atoms with Crippen molar-refractivity contribution < 1.29 is 5.11 Å². The third-order valence-electron chi connectivity index (χ3n) is 1.97. The molecule has 0 unspecified atom stereocenters. The second-order valence-electron chi connectivity index (χ2n) is 3.62. The lowest BCUT2D eigenvalue weighted by Crippen LogP contribution is -1.84. The van der Waals surface area contributed by atoms with E-state index >= 15 is 0 Å². The first-order valence-electron chi connectivity index (χ1n) is 5.51. The maximum absolute atomic E-state index is 9.52. The lowest BCUT2D eigenvalue weighted by molar-refractivity contribution is 0.469. The Morgan fingerprint density at radius 3 is 2.40 bits per heavy atom. The lowest BCUT2D eigenvalue weighted by atomic mass is 10.1. The van der Waals surface area contributed by atoms with Gasteiger partial charge in [-0.2, -0.15) is 0 Å². The number of allylic oxidation sites excluding steroid dienone is 2. The molecule has 0 amide bonds. The van der Waals surface area contributed by atoms with Crippen LogP contribution in [0.2, 0.25) is 0 Å². The normalized spacial score (nSPS) is 8.87. The van der Waals surface area contributed by atoms with Gasteiger partial charge in [0, 0.05) is 0 Å². The van der Waals surface area contributed by atoms with Gasteiger partial charge >= 0.3 is 0 Å². The van der Waals surface area contributed by atoms with Gasteiger partial charge in [0.25, 0.3) is 0 Å². The van der Waals surface area contributed by atoms with Crippen LogP contribution in [0.4, 0.5) is 0 Å². The highest BCUT2D eigenvalue weighted by molar-refractivity contribution is 5.37. The number of hydrogen-bond acceptors (Lipinski definition) is 1. The zero-order valence-electron chi connectivity index (χ0n) is 10.5. The molecule has 0 bridgehead atoms. The Labute approximate surface area is 93.5 Å². The Balaban J connectivity index is 0.000000921. The lowest BCUT2D eigenvalue weighted by Gasteiger charge is -2.02. The summed E-state index contributed by atoms with van der Waals surface area (Å²) >= 11 is 0. The van der Waals surface area contributed by atoms with Crippen LogP contribution in [0.25, 0.3) is 0 Å². The quantitative estimate of drug-likeness (QED) is 0.718. The van der Waals surface area contributed by atoms with Crippen molar-refractivity contribution in [2.75, 3.05) is 0 Å². The molecule has 1 rings (SSSR count). The number of phenolic OH excluding ortho intramolecular Hbond substituents is 1. The molecule has 1 aromatic carbocycles. The van der Waals surface area contributed by atoms with Gasteiger partial charge in [0.15, 0.2) is 0 Å². The summed E-state index contributed by atoms with van der Waals surface area (Å²) in [6.45, 7) is 10.2. The van der Waals surface area contributed by atoms with E-state index < -0.39 is 0 Å². The molecule has 0 aliphatic carbocycles. The zero-order chi connectivity index (χ0) is 11.8. The minimum absolute atomic E-state index is 0.392. The standard InChI is InChI=1S/C12H16O.C2H6/c1-9(2)4-6-11-8-10(3)5-7-12(11)13;1-2/h4-5,7-8,13H,6H2,1-3H3;1-2H3. The topological polar surface area (TPSA) is 20.2 Å². The van der Waals surface area contributed by atoms with Crippen molar-refractivity contribution >= 4 is 0 Å². The maximum Gasteiger partial charge on any atom is 0.119 e. The molecule has 0 atom stereocenters. The van der Waals surface area contributed by atoms with Crippen LogP contribution >= 0.6 is 0 Å². The number of phenols is 1. The summed E-state index contributed by atoms with van der Waals surface area (Å²) in [5.74, 6) is 0.392. The Kier molecular flexibility index (Phi) is 6.52. The van der Waals surface area contributed by atoms with Crippen LogP contribution in [0.5, 0.6) is 5.75 Å². The highest BCUT2D eigenvalue weighted by atomic mass is 16.3. The monoisotopic (exact) mass is 206 g/mol. The summed E-state index contributed by atoms with van der Waals surface area (Å²) in [7, 11) is 0. The van der Waals surface area contributed by atoms with Crippen LogP contribution in [-0.2, 0) is 6.42 Å². The first-order valence-corrected chi connectivity index (χ1v) is 5.51. The van der Waals surface area contributed by atoms with Crippen molar-refractivity contribution in [1.82, 2.24) is 0 Å². The van der Waals surface area contributed by atoms with E-state index in [1.165, 1.54) is 11.1 Å². The number of aromatic hydroxyl groups is 1. The molecule has 0 saturated heterocycles. The third kappa shape index (κ3) is 5.26. The van der Waals surface area contributed by atoms with E-state index in [1.807, 2.05) is 32.9 Å². The summed E-state index contributed by atoms with van der Waals surface area (Å²) < 4.78 is 0. The highest BCUT2D eigenvalue weighted by Crippen LogP contribution is 2.19. The van der Waals surface area contributed by atoms with E-state index in [1.54, 1.807) is 6.07 Å². The van der Waals surface area contributed by atoms with Gasteiger partial charge in [-0.1, -0.05) is 43.2 Å². The molecule has 0 fully saturated rings. The molecule has 0 spiro atoms. The summed E-state index contributed by atoms with van der Waals surface area (Å²) in [4.78, 5) is 0. The van der Waals surface area contributed by atoms with Gasteiger partial charge in [-0.05, 0) is 38.8 Å². The summed E-state index contributed by atoms with van der Waals surface area (Å²) in [5, 5.41) is 9.52. The smallest absolute Gasteiger partial charge is 0.119 e. The Morgan fingerprint density at radius 1 is 1.27 bits per heavy atom. The molecule has 15 heavy (non-hydrogen) atoms. The van der Waals surface area contributed by atoms with E-state index in [9.17, 15) is 5.11 Å². The molecule has 1 heteroatoms. The maximum atomic E-state index is 9.52. The minimum Gasteiger partial charge on any atom is -0.508 e. The molecule has 0 aromatic heterocycles. The van der Waals surface area contributed by atoms with Crippen LogP contribution in [0, 0.1) is 6.92 Å². The van der Waals surface area contributed by atoms with Gasteiger partial charge in [0.1, 0.15) is 5.75 Å².